The molecule has 3 nitrogen and oxygen atoms in total. The van der Waals surface area contributed by atoms with Crippen LogP contribution < -0.4 is 0 Å². The lowest BCUT2D eigenvalue weighted by Gasteiger charge is -2.06. The average molecular weight is 183 g/mol. The highest BCUT2D eigenvalue weighted by Gasteiger charge is 2.03. The second-order valence-corrected chi connectivity index (χ2v) is 3.04. The summed E-state index contributed by atoms with van der Waals surface area (Å²) >= 11 is 0. The molecule has 0 bridgehead atoms. The number of rotatable bonds is 1. The summed E-state index contributed by atoms with van der Waals surface area (Å²) in [5, 5.41) is 8.87. The molecule has 2 aromatic rings. The van der Waals surface area contributed by atoms with E-state index in [1.165, 1.54) is 0 Å². The Morgan fingerprint density at radius 1 is 1.43 bits per heavy atom. The zero-order chi connectivity index (χ0) is 9.97. The van der Waals surface area contributed by atoms with Crippen LogP contribution in [-0.2, 0) is 0 Å². The molecule has 0 aliphatic rings. The van der Waals surface area contributed by atoms with Gasteiger partial charge in [-0.25, -0.2) is 0 Å². The molecule has 14 heavy (non-hydrogen) atoms. The Morgan fingerprint density at radius 2 is 2.29 bits per heavy atom. The third-order valence-electron chi connectivity index (χ3n) is 2.11. The van der Waals surface area contributed by atoms with Crippen LogP contribution in [0.1, 0.15) is 11.3 Å². The highest BCUT2D eigenvalue weighted by atomic mass is 15.0. The van der Waals surface area contributed by atoms with E-state index in [0.29, 0.717) is 5.69 Å². The number of hydrogen-bond donors (Lipinski definition) is 0. The summed E-state index contributed by atoms with van der Waals surface area (Å²) in [4.78, 5) is 4.01. The maximum atomic E-state index is 8.87. The van der Waals surface area contributed by atoms with Crippen molar-refractivity contribution in [2.75, 3.05) is 0 Å². The molecule has 2 heterocycles. The lowest BCUT2D eigenvalue weighted by Crippen LogP contribution is -1.98. The molecule has 0 aromatic carbocycles. The monoisotopic (exact) mass is 183 g/mol. The quantitative estimate of drug-likeness (QED) is 0.679. The van der Waals surface area contributed by atoms with Gasteiger partial charge in [-0.3, -0.25) is 4.98 Å². The molecule has 0 unspecified atom stereocenters. The van der Waals surface area contributed by atoms with Crippen molar-refractivity contribution >= 4 is 0 Å². The van der Waals surface area contributed by atoms with Crippen LogP contribution in [0.3, 0.4) is 0 Å². The van der Waals surface area contributed by atoms with E-state index >= 15 is 0 Å². The normalized spacial score (nSPS) is 9.71. The van der Waals surface area contributed by atoms with Crippen molar-refractivity contribution in [3.63, 3.8) is 0 Å². The van der Waals surface area contributed by atoms with Gasteiger partial charge < -0.3 is 4.57 Å². The smallest absolute Gasteiger partial charge is 0.124 e. The molecule has 0 amide bonds. The van der Waals surface area contributed by atoms with Crippen molar-refractivity contribution in [3.8, 4) is 11.8 Å². The van der Waals surface area contributed by atoms with E-state index < -0.39 is 0 Å². The molecule has 0 saturated carbocycles. The van der Waals surface area contributed by atoms with Gasteiger partial charge in [-0.2, -0.15) is 5.26 Å². The van der Waals surface area contributed by atoms with Gasteiger partial charge in [0.05, 0.1) is 5.69 Å². The summed E-state index contributed by atoms with van der Waals surface area (Å²) in [6.45, 7) is 1.98. The van der Waals surface area contributed by atoms with Gasteiger partial charge in [0, 0.05) is 18.6 Å². The second-order valence-electron chi connectivity index (χ2n) is 3.04. The van der Waals surface area contributed by atoms with Crippen LogP contribution in [0.25, 0.3) is 5.69 Å². The number of nitrogens with zero attached hydrogens (tertiary/aromatic N) is 3. The molecule has 2 rings (SSSR count). The minimum atomic E-state index is 0.638. The van der Waals surface area contributed by atoms with Crippen molar-refractivity contribution in [2.24, 2.45) is 0 Å². The Balaban J connectivity index is 2.62. The first-order valence-corrected chi connectivity index (χ1v) is 4.31. The standard InChI is InChI=1S/C11H9N3/c1-9-8-13-5-4-11(9)14-6-2-3-10(14)7-12/h2-6,8H,1H3. The molecule has 0 saturated heterocycles. The molecule has 68 valence electrons. The predicted molar refractivity (Wildman–Crippen MR) is 53.0 cm³/mol. The van der Waals surface area contributed by atoms with Crippen molar-refractivity contribution < 1.29 is 0 Å². The molecule has 0 radical (unpaired) electrons. The van der Waals surface area contributed by atoms with Crippen LogP contribution in [-0.4, -0.2) is 9.55 Å². The molecule has 0 aliphatic heterocycles. The Kier molecular flexibility index (Phi) is 2.04. The van der Waals surface area contributed by atoms with E-state index in [1.807, 2.05) is 29.8 Å². The van der Waals surface area contributed by atoms with Gasteiger partial charge in [-0.05, 0) is 30.7 Å². The van der Waals surface area contributed by atoms with Crippen LogP contribution in [0, 0.1) is 18.3 Å². The highest BCUT2D eigenvalue weighted by molar-refractivity contribution is 5.42. The fourth-order valence-electron chi connectivity index (χ4n) is 1.42. The van der Waals surface area contributed by atoms with Crippen LogP contribution >= 0.6 is 0 Å². The van der Waals surface area contributed by atoms with Gasteiger partial charge in [-0.1, -0.05) is 0 Å². The van der Waals surface area contributed by atoms with E-state index in [9.17, 15) is 0 Å². The van der Waals surface area contributed by atoms with Crippen molar-refractivity contribution in [3.05, 3.63) is 48.0 Å². The Hall–Kier alpha value is -2.08. The molecule has 0 spiro atoms. The minimum absolute atomic E-state index is 0.638. The first-order chi connectivity index (χ1) is 6.83. The zero-order valence-corrected chi connectivity index (χ0v) is 7.81. The van der Waals surface area contributed by atoms with Gasteiger partial charge in [0.2, 0.25) is 0 Å². The topological polar surface area (TPSA) is 41.6 Å². The lowest BCUT2D eigenvalue weighted by molar-refractivity contribution is 1.02. The molecule has 0 aliphatic carbocycles. The Labute approximate surface area is 82.2 Å². The summed E-state index contributed by atoms with van der Waals surface area (Å²) in [6, 6.07) is 7.69. The van der Waals surface area contributed by atoms with E-state index in [1.54, 1.807) is 18.5 Å². The summed E-state index contributed by atoms with van der Waals surface area (Å²) in [6.07, 6.45) is 5.39. The van der Waals surface area contributed by atoms with E-state index in [2.05, 4.69) is 11.1 Å². The lowest BCUT2D eigenvalue weighted by atomic mass is 10.2. The Bertz CT molecular complexity index is 491. The SMILES string of the molecule is Cc1cnccc1-n1cccc1C#N. The molecule has 2 aromatic heterocycles. The summed E-state index contributed by atoms with van der Waals surface area (Å²) < 4.78 is 1.86. The van der Waals surface area contributed by atoms with Gasteiger partial charge >= 0.3 is 0 Å². The largest absolute Gasteiger partial charge is 0.308 e. The first-order valence-electron chi connectivity index (χ1n) is 4.31. The molecular weight excluding hydrogens is 174 g/mol. The summed E-state index contributed by atoms with van der Waals surface area (Å²) in [5.41, 5.74) is 2.70. The van der Waals surface area contributed by atoms with Crippen molar-refractivity contribution in [2.45, 2.75) is 6.92 Å². The van der Waals surface area contributed by atoms with Crippen molar-refractivity contribution in [1.29, 1.82) is 5.26 Å². The number of nitriles is 1. The van der Waals surface area contributed by atoms with Crippen LogP contribution in [0.2, 0.25) is 0 Å². The average Bonchev–Trinajstić information content (AvgIpc) is 2.66. The van der Waals surface area contributed by atoms with Crippen molar-refractivity contribution in [1.82, 2.24) is 9.55 Å². The third kappa shape index (κ3) is 1.27. The molecule has 0 atom stereocenters. The van der Waals surface area contributed by atoms with E-state index in [-0.39, 0.29) is 0 Å². The van der Waals surface area contributed by atoms with E-state index in [4.69, 9.17) is 5.26 Å². The fourth-order valence-corrected chi connectivity index (χ4v) is 1.42. The highest BCUT2D eigenvalue weighted by Crippen LogP contribution is 2.14. The number of pyridine rings is 1. The number of aryl methyl sites for hydroxylation is 1. The zero-order valence-electron chi connectivity index (χ0n) is 7.81. The van der Waals surface area contributed by atoms with Crippen LogP contribution in [0.4, 0.5) is 0 Å². The molecular formula is C11H9N3. The van der Waals surface area contributed by atoms with Gasteiger partial charge in [0.1, 0.15) is 11.8 Å². The van der Waals surface area contributed by atoms with E-state index in [0.717, 1.165) is 11.3 Å². The minimum Gasteiger partial charge on any atom is -0.308 e. The molecule has 0 fully saturated rings. The Morgan fingerprint density at radius 3 is 3.00 bits per heavy atom. The predicted octanol–water partition coefficient (Wildman–Crippen LogP) is 2.05. The maximum Gasteiger partial charge on any atom is 0.124 e. The van der Waals surface area contributed by atoms with Gasteiger partial charge in [-0.15, -0.1) is 0 Å². The molecule has 0 N–H and O–H groups in total. The second kappa shape index (κ2) is 3.35. The van der Waals surface area contributed by atoms with Gasteiger partial charge in [0.25, 0.3) is 0 Å². The fraction of sp³-hybridized carbons (Fsp3) is 0.0909. The maximum absolute atomic E-state index is 8.87. The number of hydrogen-bond acceptors (Lipinski definition) is 2. The van der Waals surface area contributed by atoms with Crippen LogP contribution in [0.15, 0.2) is 36.8 Å². The summed E-state index contributed by atoms with van der Waals surface area (Å²) in [5.74, 6) is 0. The van der Waals surface area contributed by atoms with Crippen LogP contribution in [0.5, 0.6) is 0 Å². The first kappa shape index (κ1) is 8.52. The van der Waals surface area contributed by atoms with Gasteiger partial charge in [0.15, 0.2) is 0 Å². The summed E-state index contributed by atoms with van der Waals surface area (Å²) in [7, 11) is 0. The number of aromatic nitrogens is 2. The molecule has 3 heteroatoms. The third-order valence-corrected chi connectivity index (χ3v) is 2.11.